The van der Waals surface area contributed by atoms with Crippen LogP contribution in [0, 0.1) is 18.7 Å². The van der Waals surface area contributed by atoms with Gasteiger partial charge in [-0.15, -0.1) is 0 Å². The van der Waals surface area contributed by atoms with E-state index in [1.807, 2.05) is 31.2 Å². The fourth-order valence-electron chi connectivity index (χ4n) is 3.92. The number of carbonyl (C=O) groups is 2. The summed E-state index contributed by atoms with van der Waals surface area (Å²) in [4.78, 5) is 31.6. The van der Waals surface area contributed by atoms with Gasteiger partial charge in [-0.3, -0.25) is 9.59 Å². The molecule has 160 valence electrons. The lowest BCUT2D eigenvalue weighted by Gasteiger charge is -2.22. The van der Waals surface area contributed by atoms with E-state index in [0.717, 1.165) is 11.1 Å². The Morgan fingerprint density at radius 1 is 1.23 bits per heavy atom. The smallest absolute Gasteiger partial charge is 0.226 e. The van der Waals surface area contributed by atoms with Gasteiger partial charge >= 0.3 is 0 Å². The van der Waals surface area contributed by atoms with Crippen LogP contribution in [0.1, 0.15) is 35.0 Å². The molecule has 6 nitrogen and oxygen atoms in total. The van der Waals surface area contributed by atoms with Crippen LogP contribution in [0.5, 0.6) is 0 Å². The van der Waals surface area contributed by atoms with Gasteiger partial charge in [-0.1, -0.05) is 48.0 Å². The van der Waals surface area contributed by atoms with Crippen LogP contribution in [-0.4, -0.2) is 32.8 Å². The van der Waals surface area contributed by atoms with E-state index in [-0.39, 0.29) is 18.2 Å². The molecule has 2 atom stereocenters. The lowest BCUT2D eigenvalue weighted by molar-refractivity contribution is -0.129. The summed E-state index contributed by atoms with van der Waals surface area (Å²) < 4.78 is 16.3. The zero-order valence-electron chi connectivity index (χ0n) is 17.6. The van der Waals surface area contributed by atoms with Crippen molar-refractivity contribution in [2.45, 2.75) is 25.9 Å². The lowest BCUT2D eigenvalue weighted by Crippen LogP contribution is -2.37. The normalized spacial score (nSPS) is 17.1. The minimum atomic E-state index is -0.741. The first-order chi connectivity index (χ1) is 14.9. The highest BCUT2D eigenvalue weighted by Crippen LogP contribution is 2.26. The number of rotatable bonds is 6. The van der Waals surface area contributed by atoms with Crippen molar-refractivity contribution in [2.24, 2.45) is 13.0 Å². The number of hydrogen-bond acceptors (Lipinski definition) is 3. The van der Waals surface area contributed by atoms with Crippen molar-refractivity contribution in [1.82, 2.24) is 19.8 Å². The number of imidazole rings is 1. The molecule has 1 aliphatic heterocycles. The second kappa shape index (κ2) is 8.71. The van der Waals surface area contributed by atoms with Gasteiger partial charge in [-0.25, -0.2) is 9.37 Å². The molecule has 1 aromatic heterocycles. The number of benzene rings is 2. The number of nitrogens with one attached hydrogen (secondary N) is 1. The lowest BCUT2D eigenvalue weighted by atomic mass is 10.0. The zero-order valence-corrected chi connectivity index (χ0v) is 17.6. The summed E-state index contributed by atoms with van der Waals surface area (Å²) >= 11 is 0. The number of hydrogen-bond donors (Lipinski definition) is 1. The first kappa shape index (κ1) is 20.8. The molecule has 1 fully saturated rings. The molecule has 1 N–H and O–H groups in total. The number of carbonyl (C=O) groups excluding carboxylic acids is 2. The Hall–Kier alpha value is -3.48. The average Bonchev–Trinajstić information content (AvgIpc) is 3.34. The molecule has 2 amide bonds. The maximum atomic E-state index is 14.5. The number of amides is 2. The third-order valence-electron chi connectivity index (χ3n) is 5.70. The highest BCUT2D eigenvalue weighted by molar-refractivity contribution is 5.89. The standard InChI is InChI=1S/C24H25FN4O2/c1-16-7-9-17(10-8-16)14-29-15-18(13-21(29)30)24(31)27-22(23-26-11-12-28(23)2)19-5-3-4-6-20(19)25/h3-12,18,22H,13-15H2,1-2H3,(H,27,31). The van der Waals surface area contributed by atoms with Gasteiger partial charge in [-0.2, -0.15) is 0 Å². The molecule has 3 aromatic rings. The first-order valence-electron chi connectivity index (χ1n) is 10.3. The topological polar surface area (TPSA) is 67.2 Å². The summed E-state index contributed by atoms with van der Waals surface area (Å²) in [6.45, 7) is 2.82. The molecule has 0 aliphatic carbocycles. The van der Waals surface area contributed by atoms with Gasteiger partial charge in [0.1, 0.15) is 17.7 Å². The molecule has 31 heavy (non-hydrogen) atoms. The molecule has 1 aliphatic rings. The highest BCUT2D eigenvalue weighted by atomic mass is 19.1. The summed E-state index contributed by atoms with van der Waals surface area (Å²) in [5.74, 6) is -0.720. The molecular formula is C24H25FN4O2. The van der Waals surface area contributed by atoms with E-state index in [0.29, 0.717) is 24.5 Å². The van der Waals surface area contributed by atoms with Crippen LogP contribution in [0.2, 0.25) is 0 Å². The van der Waals surface area contributed by atoms with Crippen LogP contribution in [-0.2, 0) is 23.2 Å². The third kappa shape index (κ3) is 4.50. The number of nitrogens with zero attached hydrogens (tertiary/aromatic N) is 3. The van der Waals surface area contributed by atoms with Crippen molar-refractivity contribution in [1.29, 1.82) is 0 Å². The van der Waals surface area contributed by atoms with Crippen molar-refractivity contribution >= 4 is 11.8 Å². The maximum Gasteiger partial charge on any atom is 0.226 e. The Kier molecular flexibility index (Phi) is 5.84. The maximum absolute atomic E-state index is 14.5. The van der Waals surface area contributed by atoms with E-state index in [1.165, 1.54) is 6.07 Å². The van der Waals surface area contributed by atoms with Gasteiger partial charge in [0.05, 0.1) is 5.92 Å². The van der Waals surface area contributed by atoms with Crippen LogP contribution in [0.25, 0.3) is 0 Å². The molecule has 4 rings (SSSR count). The molecule has 2 unspecified atom stereocenters. The minimum absolute atomic E-state index is 0.0554. The Morgan fingerprint density at radius 2 is 1.97 bits per heavy atom. The molecule has 0 saturated carbocycles. The predicted molar refractivity (Wildman–Crippen MR) is 114 cm³/mol. The van der Waals surface area contributed by atoms with Gasteiger partial charge in [0.15, 0.2) is 0 Å². The molecule has 2 heterocycles. The predicted octanol–water partition coefficient (Wildman–Crippen LogP) is 3.12. The van der Waals surface area contributed by atoms with E-state index >= 15 is 0 Å². The fraction of sp³-hybridized carbons (Fsp3) is 0.292. The van der Waals surface area contributed by atoms with Crippen LogP contribution in [0.15, 0.2) is 60.9 Å². The van der Waals surface area contributed by atoms with Crippen LogP contribution < -0.4 is 5.32 Å². The van der Waals surface area contributed by atoms with Crippen LogP contribution >= 0.6 is 0 Å². The molecule has 0 bridgehead atoms. The average molecular weight is 420 g/mol. The van der Waals surface area contributed by atoms with Gasteiger partial charge < -0.3 is 14.8 Å². The van der Waals surface area contributed by atoms with Crippen molar-refractivity contribution in [3.05, 3.63) is 89.3 Å². The number of aryl methyl sites for hydroxylation is 2. The van der Waals surface area contributed by atoms with E-state index < -0.39 is 17.8 Å². The van der Waals surface area contributed by atoms with Crippen molar-refractivity contribution in [3.8, 4) is 0 Å². The van der Waals surface area contributed by atoms with Gasteiger partial charge in [0, 0.05) is 44.5 Å². The molecule has 0 spiro atoms. The second-order valence-corrected chi connectivity index (χ2v) is 8.02. The van der Waals surface area contributed by atoms with E-state index in [9.17, 15) is 14.0 Å². The third-order valence-corrected chi connectivity index (χ3v) is 5.70. The van der Waals surface area contributed by atoms with Gasteiger partial charge in [-0.05, 0) is 18.6 Å². The number of aromatic nitrogens is 2. The monoisotopic (exact) mass is 420 g/mol. The van der Waals surface area contributed by atoms with Crippen molar-refractivity contribution in [3.63, 3.8) is 0 Å². The summed E-state index contributed by atoms with van der Waals surface area (Å²) in [6, 6.07) is 13.6. The van der Waals surface area contributed by atoms with Crippen LogP contribution in [0.3, 0.4) is 0 Å². The van der Waals surface area contributed by atoms with Crippen molar-refractivity contribution in [2.75, 3.05) is 6.54 Å². The Balaban J connectivity index is 1.50. The number of halogens is 1. The second-order valence-electron chi connectivity index (χ2n) is 8.02. The number of likely N-dealkylation sites (tertiary alicyclic amines) is 1. The molecule has 0 radical (unpaired) electrons. The quantitative estimate of drug-likeness (QED) is 0.666. The zero-order chi connectivity index (χ0) is 22.0. The fourth-order valence-corrected chi connectivity index (χ4v) is 3.92. The summed E-state index contributed by atoms with van der Waals surface area (Å²) in [5, 5.41) is 2.93. The molecular weight excluding hydrogens is 395 g/mol. The minimum Gasteiger partial charge on any atom is -0.342 e. The Bertz CT molecular complexity index is 1090. The van der Waals surface area contributed by atoms with E-state index in [1.54, 1.807) is 47.1 Å². The summed E-state index contributed by atoms with van der Waals surface area (Å²) in [5.41, 5.74) is 2.52. The van der Waals surface area contributed by atoms with E-state index in [4.69, 9.17) is 0 Å². The molecule has 2 aromatic carbocycles. The Morgan fingerprint density at radius 3 is 2.65 bits per heavy atom. The summed E-state index contributed by atoms with van der Waals surface area (Å²) in [7, 11) is 1.80. The SMILES string of the molecule is Cc1ccc(CN2CC(C(=O)NC(c3ccccc3F)c3nccn3C)CC2=O)cc1. The first-order valence-corrected chi connectivity index (χ1v) is 10.3. The van der Waals surface area contributed by atoms with Gasteiger partial charge in [0.2, 0.25) is 11.8 Å². The Labute approximate surface area is 180 Å². The molecule has 1 saturated heterocycles. The van der Waals surface area contributed by atoms with Crippen LogP contribution in [0.4, 0.5) is 4.39 Å². The summed E-state index contributed by atoms with van der Waals surface area (Å²) in [6.07, 6.45) is 3.50. The highest BCUT2D eigenvalue weighted by Gasteiger charge is 2.36. The van der Waals surface area contributed by atoms with Gasteiger partial charge in [0.25, 0.3) is 0 Å². The van der Waals surface area contributed by atoms with E-state index in [2.05, 4.69) is 10.3 Å². The van der Waals surface area contributed by atoms with Crippen molar-refractivity contribution < 1.29 is 14.0 Å². The molecule has 7 heteroatoms. The largest absolute Gasteiger partial charge is 0.342 e.